The van der Waals surface area contributed by atoms with Gasteiger partial charge >= 0.3 is 0 Å². The lowest BCUT2D eigenvalue weighted by Gasteiger charge is -2.17. The molecular formula is C16H19ClN6. The molecule has 2 aromatic heterocycles. The van der Waals surface area contributed by atoms with Crippen molar-refractivity contribution in [2.75, 3.05) is 7.05 Å². The van der Waals surface area contributed by atoms with E-state index in [1.54, 1.807) is 6.20 Å². The van der Waals surface area contributed by atoms with E-state index in [1.165, 1.54) is 5.56 Å². The predicted octanol–water partition coefficient (Wildman–Crippen LogP) is 2.35. The number of imidazole rings is 1. The van der Waals surface area contributed by atoms with Gasteiger partial charge in [-0.15, -0.1) is 5.10 Å². The van der Waals surface area contributed by atoms with E-state index >= 15 is 0 Å². The number of hydrogen-bond acceptors (Lipinski definition) is 4. The van der Waals surface area contributed by atoms with Gasteiger partial charge in [-0.3, -0.25) is 4.90 Å². The molecular weight excluding hydrogens is 312 g/mol. The summed E-state index contributed by atoms with van der Waals surface area (Å²) in [5.74, 6) is 0.930. The molecule has 0 aliphatic carbocycles. The average molecular weight is 331 g/mol. The molecule has 0 radical (unpaired) electrons. The minimum Gasteiger partial charge on any atom is -0.321 e. The number of rotatable bonds is 6. The largest absolute Gasteiger partial charge is 0.321 e. The molecule has 0 fully saturated rings. The molecule has 0 unspecified atom stereocenters. The van der Waals surface area contributed by atoms with Crippen molar-refractivity contribution in [3.63, 3.8) is 0 Å². The van der Waals surface area contributed by atoms with E-state index in [-0.39, 0.29) is 0 Å². The van der Waals surface area contributed by atoms with Gasteiger partial charge in [0.2, 0.25) is 0 Å². The maximum Gasteiger partial charge on any atom is 0.128 e. The average Bonchev–Trinajstić information content (AvgIpc) is 3.10. The molecule has 1 aromatic carbocycles. The number of halogens is 1. The fraction of sp³-hybridized carbons (Fsp3) is 0.312. The third-order valence-corrected chi connectivity index (χ3v) is 4.10. The Morgan fingerprint density at radius 2 is 1.91 bits per heavy atom. The second-order valence-corrected chi connectivity index (χ2v) is 5.98. The number of aromatic nitrogens is 5. The summed E-state index contributed by atoms with van der Waals surface area (Å²) in [4.78, 5) is 6.49. The summed E-state index contributed by atoms with van der Waals surface area (Å²) in [6.45, 7) is 2.17. The van der Waals surface area contributed by atoms with Crippen LogP contribution in [0, 0.1) is 0 Å². The van der Waals surface area contributed by atoms with Crippen molar-refractivity contribution in [1.29, 1.82) is 0 Å². The van der Waals surface area contributed by atoms with Crippen molar-refractivity contribution >= 4 is 11.6 Å². The summed E-state index contributed by atoms with van der Waals surface area (Å²) >= 11 is 6.03. The van der Waals surface area contributed by atoms with Gasteiger partial charge in [-0.2, -0.15) is 0 Å². The van der Waals surface area contributed by atoms with Crippen LogP contribution in [0.5, 0.6) is 0 Å². The maximum atomic E-state index is 6.03. The van der Waals surface area contributed by atoms with E-state index < -0.39 is 0 Å². The predicted molar refractivity (Wildman–Crippen MR) is 89.0 cm³/mol. The molecule has 0 aliphatic rings. The quantitative estimate of drug-likeness (QED) is 0.696. The van der Waals surface area contributed by atoms with E-state index in [0.29, 0.717) is 11.7 Å². The Kier molecular flexibility index (Phi) is 4.73. The molecule has 120 valence electrons. The zero-order valence-electron chi connectivity index (χ0n) is 13.2. The van der Waals surface area contributed by atoms with Crippen molar-refractivity contribution in [2.24, 2.45) is 7.05 Å². The molecule has 0 N–H and O–H groups in total. The zero-order valence-corrected chi connectivity index (χ0v) is 14.0. The highest BCUT2D eigenvalue weighted by atomic mass is 35.5. The van der Waals surface area contributed by atoms with Gasteiger partial charge in [0.25, 0.3) is 0 Å². The summed E-state index contributed by atoms with van der Waals surface area (Å²) < 4.78 is 3.81. The molecule has 0 atom stereocenters. The highest BCUT2D eigenvalue weighted by Gasteiger charge is 2.11. The van der Waals surface area contributed by atoms with E-state index in [1.807, 2.05) is 47.7 Å². The lowest BCUT2D eigenvalue weighted by molar-refractivity contribution is 0.297. The molecule has 0 amide bonds. The van der Waals surface area contributed by atoms with Crippen LogP contribution in [0.25, 0.3) is 0 Å². The van der Waals surface area contributed by atoms with Crippen LogP contribution in [-0.2, 0) is 26.7 Å². The van der Waals surface area contributed by atoms with Gasteiger partial charge in [0.15, 0.2) is 0 Å². The molecule has 0 aliphatic heterocycles. The summed E-state index contributed by atoms with van der Waals surface area (Å²) in [6, 6.07) is 10.2. The van der Waals surface area contributed by atoms with E-state index in [2.05, 4.69) is 32.3 Å². The first-order chi connectivity index (χ1) is 11.1. The Morgan fingerprint density at radius 3 is 2.61 bits per heavy atom. The maximum absolute atomic E-state index is 6.03. The van der Waals surface area contributed by atoms with Gasteiger partial charge < -0.3 is 4.57 Å². The van der Waals surface area contributed by atoms with Crippen molar-refractivity contribution < 1.29 is 0 Å². The third-order valence-electron chi connectivity index (χ3n) is 3.74. The molecule has 6 nitrogen and oxygen atoms in total. The Morgan fingerprint density at radius 1 is 1.13 bits per heavy atom. The van der Waals surface area contributed by atoms with Crippen molar-refractivity contribution in [2.45, 2.75) is 19.6 Å². The first kappa shape index (κ1) is 15.7. The molecule has 2 heterocycles. The van der Waals surface area contributed by atoms with Gasteiger partial charge in [0.05, 0.1) is 31.2 Å². The SMILES string of the molecule is CN(Cc1cnnn1Cc1ccccc1)Cc1ncc(Cl)n1C. The molecule has 3 aromatic rings. The lowest BCUT2D eigenvalue weighted by Crippen LogP contribution is -2.22. The first-order valence-corrected chi connectivity index (χ1v) is 7.77. The van der Waals surface area contributed by atoms with Crippen LogP contribution < -0.4 is 0 Å². The van der Waals surface area contributed by atoms with Crippen molar-refractivity contribution in [1.82, 2.24) is 29.4 Å². The second-order valence-electron chi connectivity index (χ2n) is 5.60. The minimum atomic E-state index is 0.643. The molecule has 0 spiro atoms. The van der Waals surface area contributed by atoms with Crippen molar-refractivity contribution in [3.8, 4) is 0 Å². The second kappa shape index (κ2) is 6.93. The van der Waals surface area contributed by atoms with Gasteiger partial charge in [0, 0.05) is 13.6 Å². The number of benzene rings is 1. The highest BCUT2D eigenvalue weighted by Crippen LogP contribution is 2.12. The first-order valence-electron chi connectivity index (χ1n) is 7.39. The van der Waals surface area contributed by atoms with E-state index in [9.17, 15) is 0 Å². The van der Waals surface area contributed by atoms with Crippen molar-refractivity contribution in [3.05, 3.63) is 65.0 Å². The summed E-state index contributed by atoms with van der Waals surface area (Å²) in [5, 5.41) is 8.88. The topological polar surface area (TPSA) is 51.8 Å². The summed E-state index contributed by atoms with van der Waals surface area (Å²) in [6.07, 6.45) is 3.48. The highest BCUT2D eigenvalue weighted by molar-refractivity contribution is 6.29. The van der Waals surface area contributed by atoms with Crippen LogP contribution in [-0.4, -0.2) is 36.5 Å². The molecule has 0 saturated heterocycles. The lowest BCUT2D eigenvalue weighted by atomic mass is 10.2. The molecule has 0 bridgehead atoms. The monoisotopic (exact) mass is 330 g/mol. The van der Waals surface area contributed by atoms with Crippen LogP contribution in [0.4, 0.5) is 0 Å². The molecule has 0 saturated carbocycles. The Labute approximate surface area is 140 Å². The molecule has 23 heavy (non-hydrogen) atoms. The summed E-state index contributed by atoms with van der Waals surface area (Å²) in [7, 11) is 3.96. The minimum absolute atomic E-state index is 0.643. The van der Waals surface area contributed by atoms with Crippen LogP contribution >= 0.6 is 11.6 Å². The van der Waals surface area contributed by atoms with Crippen LogP contribution in [0.2, 0.25) is 5.15 Å². The van der Waals surface area contributed by atoms with E-state index in [4.69, 9.17) is 11.6 Å². The van der Waals surface area contributed by atoms with Crippen LogP contribution in [0.3, 0.4) is 0 Å². The summed E-state index contributed by atoms with van der Waals surface area (Å²) in [5.41, 5.74) is 2.27. The van der Waals surface area contributed by atoms with Gasteiger partial charge in [-0.1, -0.05) is 47.1 Å². The Hall–Kier alpha value is -2.18. The normalized spacial score (nSPS) is 11.3. The third kappa shape index (κ3) is 3.78. The number of nitrogens with zero attached hydrogens (tertiary/aromatic N) is 6. The molecule has 3 rings (SSSR count). The smallest absolute Gasteiger partial charge is 0.128 e. The molecule has 7 heteroatoms. The fourth-order valence-corrected chi connectivity index (χ4v) is 2.58. The van der Waals surface area contributed by atoms with Gasteiger partial charge in [-0.25, -0.2) is 9.67 Å². The zero-order chi connectivity index (χ0) is 16.2. The number of hydrogen-bond donors (Lipinski definition) is 0. The van der Waals surface area contributed by atoms with Gasteiger partial charge in [-0.05, 0) is 12.6 Å². The Balaban J connectivity index is 1.66. The van der Waals surface area contributed by atoms with E-state index in [0.717, 1.165) is 24.6 Å². The van der Waals surface area contributed by atoms with Crippen LogP contribution in [0.15, 0.2) is 42.7 Å². The van der Waals surface area contributed by atoms with Gasteiger partial charge in [0.1, 0.15) is 11.0 Å². The fourth-order valence-electron chi connectivity index (χ4n) is 2.44. The van der Waals surface area contributed by atoms with Crippen LogP contribution in [0.1, 0.15) is 17.1 Å². The standard InChI is InChI=1S/C16H19ClN6/c1-21(12-16-18-9-15(17)22(16)2)11-14-8-19-20-23(14)10-13-6-4-3-5-7-13/h3-9H,10-12H2,1-2H3. The Bertz CT molecular complexity index is 764.